The van der Waals surface area contributed by atoms with Crippen molar-refractivity contribution in [2.75, 3.05) is 6.61 Å². The van der Waals surface area contributed by atoms with Gasteiger partial charge in [-0.15, -0.1) is 10.2 Å². The van der Waals surface area contributed by atoms with Gasteiger partial charge in [-0.05, 0) is 17.3 Å². The van der Waals surface area contributed by atoms with Crippen LogP contribution < -0.4 is 10.5 Å². The number of tetrazole rings is 1. The van der Waals surface area contributed by atoms with E-state index in [0.29, 0.717) is 18.9 Å². The van der Waals surface area contributed by atoms with Crippen molar-refractivity contribution in [3.8, 4) is 5.75 Å². The Morgan fingerprint density at radius 1 is 1.35 bits per heavy atom. The normalized spacial score (nSPS) is 12.4. The van der Waals surface area contributed by atoms with Gasteiger partial charge < -0.3 is 10.5 Å². The van der Waals surface area contributed by atoms with Crippen LogP contribution in [0.5, 0.6) is 5.75 Å². The van der Waals surface area contributed by atoms with Crippen molar-refractivity contribution in [2.24, 2.45) is 12.8 Å². The van der Waals surface area contributed by atoms with Crippen molar-refractivity contribution in [2.45, 2.75) is 12.5 Å². The summed E-state index contributed by atoms with van der Waals surface area (Å²) in [4.78, 5) is 1.42. The molecule has 0 spiro atoms. The summed E-state index contributed by atoms with van der Waals surface area (Å²) in [5.74, 6) is 1.45. The van der Waals surface area contributed by atoms with Crippen LogP contribution in [0.4, 0.5) is 0 Å². The summed E-state index contributed by atoms with van der Waals surface area (Å²) in [5, 5.41) is 11.7. The second-order valence-corrected chi connectivity index (χ2v) is 3.78. The van der Waals surface area contributed by atoms with Crippen LogP contribution in [0.25, 0.3) is 0 Å². The maximum absolute atomic E-state index is 5.92. The quantitative estimate of drug-likeness (QED) is 0.795. The Morgan fingerprint density at radius 3 is 2.76 bits per heavy atom. The van der Waals surface area contributed by atoms with Crippen molar-refractivity contribution in [3.05, 3.63) is 36.2 Å². The van der Waals surface area contributed by atoms with Crippen LogP contribution in [0.3, 0.4) is 0 Å². The van der Waals surface area contributed by atoms with Gasteiger partial charge in [0, 0.05) is 12.5 Å². The monoisotopic (exact) mass is 233 g/mol. The molecule has 0 saturated carbocycles. The molecule has 0 saturated heterocycles. The first-order valence-electron chi connectivity index (χ1n) is 5.40. The van der Waals surface area contributed by atoms with Crippen LogP contribution in [0, 0.1) is 0 Å². The Hall–Kier alpha value is -1.95. The molecular formula is C11H15N5O. The third kappa shape index (κ3) is 3.53. The van der Waals surface area contributed by atoms with Crippen molar-refractivity contribution < 1.29 is 4.74 Å². The number of rotatable bonds is 5. The van der Waals surface area contributed by atoms with Crippen LogP contribution in [-0.2, 0) is 13.5 Å². The van der Waals surface area contributed by atoms with Crippen LogP contribution in [0.2, 0.25) is 0 Å². The van der Waals surface area contributed by atoms with Gasteiger partial charge in [0.2, 0.25) is 0 Å². The number of nitrogens with two attached hydrogens (primary N) is 1. The molecular weight excluding hydrogens is 218 g/mol. The van der Waals surface area contributed by atoms with Gasteiger partial charge in [0.25, 0.3) is 0 Å². The number of hydrogen-bond acceptors (Lipinski definition) is 5. The minimum Gasteiger partial charge on any atom is -0.492 e. The maximum atomic E-state index is 5.92. The number of nitrogens with zero attached hydrogens (tertiary/aromatic N) is 4. The molecule has 1 unspecified atom stereocenters. The molecule has 90 valence electrons. The molecule has 0 aliphatic heterocycles. The topological polar surface area (TPSA) is 78.9 Å². The number of para-hydroxylation sites is 1. The highest BCUT2D eigenvalue weighted by Gasteiger charge is 2.09. The summed E-state index contributed by atoms with van der Waals surface area (Å²) in [6.45, 7) is 0.433. The van der Waals surface area contributed by atoms with Crippen molar-refractivity contribution in [1.29, 1.82) is 0 Å². The summed E-state index contributed by atoms with van der Waals surface area (Å²) in [6, 6.07) is 9.44. The Balaban J connectivity index is 1.80. The highest BCUT2D eigenvalue weighted by atomic mass is 16.5. The average molecular weight is 233 g/mol. The zero-order valence-electron chi connectivity index (χ0n) is 9.65. The molecule has 1 atom stereocenters. The van der Waals surface area contributed by atoms with Crippen LogP contribution >= 0.6 is 0 Å². The van der Waals surface area contributed by atoms with E-state index in [0.717, 1.165) is 5.75 Å². The lowest BCUT2D eigenvalue weighted by Gasteiger charge is -2.11. The molecule has 2 rings (SSSR count). The molecule has 0 amide bonds. The number of benzene rings is 1. The van der Waals surface area contributed by atoms with Gasteiger partial charge in [-0.2, -0.15) is 4.80 Å². The standard InChI is InChI=1S/C11H15N5O/c1-16-14-11(13-15-16)7-9(12)8-17-10-5-3-2-4-6-10/h2-6,9H,7-8,12H2,1H3. The van der Waals surface area contributed by atoms with E-state index in [4.69, 9.17) is 10.5 Å². The molecule has 0 radical (unpaired) electrons. The Bertz CT molecular complexity index is 456. The lowest BCUT2D eigenvalue weighted by Crippen LogP contribution is -2.30. The lowest BCUT2D eigenvalue weighted by molar-refractivity contribution is 0.286. The van der Waals surface area contributed by atoms with E-state index in [1.807, 2.05) is 30.3 Å². The fourth-order valence-corrected chi connectivity index (χ4v) is 1.42. The Labute approximate surface area is 99.4 Å². The summed E-state index contributed by atoms with van der Waals surface area (Å²) < 4.78 is 5.54. The second-order valence-electron chi connectivity index (χ2n) is 3.78. The molecule has 2 aromatic rings. The average Bonchev–Trinajstić information content (AvgIpc) is 2.73. The van der Waals surface area contributed by atoms with Crippen molar-refractivity contribution in [3.63, 3.8) is 0 Å². The Morgan fingerprint density at radius 2 is 2.12 bits per heavy atom. The SMILES string of the molecule is Cn1nnc(CC(N)COc2ccccc2)n1. The molecule has 17 heavy (non-hydrogen) atoms. The third-order valence-electron chi connectivity index (χ3n) is 2.20. The molecule has 1 aromatic carbocycles. The van der Waals surface area contributed by atoms with E-state index in [1.165, 1.54) is 4.80 Å². The number of ether oxygens (including phenoxy) is 1. The largest absolute Gasteiger partial charge is 0.492 e. The number of hydrogen-bond donors (Lipinski definition) is 1. The molecule has 1 heterocycles. The van der Waals surface area contributed by atoms with E-state index in [9.17, 15) is 0 Å². The van der Waals surface area contributed by atoms with Crippen molar-refractivity contribution in [1.82, 2.24) is 20.2 Å². The van der Waals surface area contributed by atoms with Crippen LogP contribution in [0.15, 0.2) is 30.3 Å². The third-order valence-corrected chi connectivity index (χ3v) is 2.20. The molecule has 6 heteroatoms. The number of aromatic nitrogens is 4. The summed E-state index contributed by atoms with van der Waals surface area (Å²) >= 11 is 0. The summed E-state index contributed by atoms with van der Waals surface area (Å²) in [5.41, 5.74) is 5.92. The predicted octanol–water partition coefficient (Wildman–Crippen LogP) is 0.159. The highest BCUT2D eigenvalue weighted by molar-refractivity contribution is 5.20. The van der Waals surface area contributed by atoms with Gasteiger partial charge in [-0.1, -0.05) is 18.2 Å². The first-order chi connectivity index (χ1) is 8.24. The minimum absolute atomic E-state index is 0.139. The molecule has 6 nitrogen and oxygen atoms in total. The second kappa shape index (κ2) is 5.40. The fourth-order valence-electron chi connectivity index (χ4n) is 1.42. The lowest BCUT2D eigenvalue weighted by atomic mass is 10.2. The molecule has 0 aliphatic rings. The smallest absolute Gasteiger partial charge is 0.176 e. The van der Waals surface area contributed by atoms with Gasteiger partial charge in [0.05, 0.1) is 7.05 Å². The molecule has 0 bridgehead atoms. The molecule has 2 N–H and O–H groups in total. The van der Waals surface area contributed by atoms with Gasteiger partial charge in [-0.3, -0.25) is 0 Å². The first-order valence-corrected chi connectivity index (χ1v) is 5.40. The van der Waals surface area contributed by atoms with Gasteiger partial charge >= 0.3 is 0 Å². The van der Waals surface area contributed by atoms with E-state index in [2.05, 4.69) is 15.4 Å². The maximum Gasteiger partial charge on any atom is 0.176 e. The minimum atomic E-state index is -0.139. The fraction of sp³-hybridized carbons (Fsp3) is 0.364. The van der Waals surface area contributed by atoms with E-state index in [1.54, 1.807) is 7.05 Å². The van der Waals surface area contributed by atoms with Crippen molar-refractivity contribution >= 4 is 0 Å². The molecule has 1 aromatic heterocycles. The van der Waals surface area contributed by atoms with Gasteiger partial charge in [0.15, 0.2) is 5.82 Å². The highest BCUT2D eigenvalue weighted by Crippen LogP contribution is 2.08. The first kappa shape index (κ1) is 11.5. The zero-order chi connectivity index (χ0) is 12.1. The van der Waals surface area contributed by atoms with E-state index in [-0.39, 0.29) is 6.04 Å². The van der Waals surface area contributed by atoms with E-state index >= 15 is 0 Å². The van der Waals surface area contributed by atoms with Gasteiger partial charge in [0.1, 0.15) is 12.4 Å². The van der Waals surface area contributed by atoms with Gasteiger partial charge in [-0.25, -0.2) is 0 Å². The van der Waals surface area contributed by atoms with E-state index < -0.39 is 0 Å². The molecule has 0 fully saturated rings. The zero-order valence-corrected chi connectivity index (χ0v) is 9.65. The molecule has 0 aliphatic carbocycles. The predicted molar refractivity (Wildman–Crippen MR) is 62.4 cm³/mol. The van der Waals surface area contributed by atoms with Crippen LogP contribution in [0.1, 0.15) is 5.82 Å². The Kier molecular flexibility index (Phi) is 3.66. The number of aryl methyl sites for hydroxylation is 1. The summed E-state index contributed by atoms with van der Waals surface area (Å²) in [7, 11) is 1.72. The summed E-state index contributed by atoms with van der Waals surface area (Å²) in [6.07, 6.45) is 0.556. The van der Waals surface area contributed by atoms with Crippen LogP contribution in [-0.4, -0.2) is 32.9 Å².